The Bertz CT molecular complexity index is 1860. The summed E-state index contributed by atoms with van der Waals surface area (Å²) in [4.78, 5) is 25.7. The van der Waals surface area contributed by atoms with E-state index < -0.39 is 0 Å². The average molecular weight is 551 g/mol. The van der Waals surface area contributed by atoms with E-state index in [9.17, 15) is 4.39 Å². The second-order valence-electron chi connectivity index (χ2n) is 10.8. The summed E-state index contributed by atoms with van der Waals surface area (Å²) in [5, 5.41) is 8.46. The van der Waals surface area contributed by atoms with Crippen LogP contribution in [0.25, 0.3) is 56.0 Å². The van der Waals surface area contributed by atoms with Gasteiger partial charge in [0.25, 0.3) is 0 Å². The molecule has 1 atom stereocenters. The molecule has 11 heteroatoms. The van der Waals surface area contributed by atoms with Gasteiger partial charge in [-0.25, -0.2) is 14.4 Å². The molecule has 0 aliphatic rings. The normalized spacial score (nSPS) is 12.7. The third kappa shape index (κ3) is 5.42. The van der Waals surface area contributed by atoms with Crippen LogP contribution in [0.15, 0.2) is 61.2 Å². The van der Waals surface area contributed by atoms with Crippen LogP contribution in [0.5, 0.6) is 0 Å². The van der Waals surface area contributed by atoms with Crippen LogP contribution >= 0.6 is 0 Å². The van der Waals surface area contributed by atoms with Gasteiger partial charge in [0.15, 0.2) is 11.5 Å². The molecule has 5 aromatic heterocycles. The number of nitrogens with two attached hydrogens (primary N) is 1. The van der Waals surface area contributed by atoms with Gasteiger partial charge in [0.2, 0.25) is 0 Å². The molecule has 6 rings (SSSR count). The molecule has 10 nitrogen and oxygen atoms in total. The van der Waals surface area contributed by atoms with E-state index in [4.69, 9.17) is 10.7 Å². The van der Waals surface area contributed by atoms with Crippen molar-refractivity contribution in [2.24, 2.45) is 5.73 Å². The molecule has 0 saturated heterocycles. The second kappa shape index (κ2) is 10.8. The zero-order chi connectivity index (χ0) is 28.7. The third-order valence-electron chi connectivity index (χ3n) is 6.87. The molecule has 208 valence electrons. The maximum absolute atomic E-state index is 14.7. The van der Waals surface area contributed by atoms with Gasteiger partial charge < -0.3 is 20.5 Å². The number of nitrogens with one attached hydrogen (secondary N) is 2. The van der Waals surface area contributed by atoms with Crippen molar-refractivity contribution >= 4 is 22.1 Å². The summed E-state index contributed by atoms with van der Waals surface area (Å²) in [6.07, 6.45) is 7.10. The molecular weight excluding hydrogens is 519 g/mol. The van der Waals surface area contributed by atoms with Gasteiger partial charge in [-0.3, -0.25) is 15.1 Å². The number of aromatic amines is 2. The van der Waals surface area contributed by atoms with E-state index in [-0.39, 0.29) is 11.9 Å². The zero-order valence-electron chi connectivity index (χ0n) is 23.4. The van der Waals surface area contributed by atoms with Crippen molar-refractivity contribution in [1.82, 2.24) is 44.9 Å². The van der Waals surface area contributed by atoms with Crippen molar-refractivity contribution in [2.45, 2.75) is 12.6 Å². The number of imidazole rings is 1. The van der Waals surface area contributed by atoms with Crippen molar-refractivity contribution in [3.8, 4) is 33.9 Å². The Kier molecular flexibility index (Phi) is 7.00. The fraction of sp³-hybridized carbons (Fsp3) is 0.233. The molecule has 41 heavy (non-hydrogen) atoms. The number of pyridine rings is 3. The lowest BCUT2D eigenvalue weighted by atomic mass is 9.99. The van der Waals surface area contributed by atoms with Crippen LogP contribution in [-0.4, -0.2) is 79.7 Å². The molecule has 0 aliphatic carbocycles. The van der Waals surface area contributed by atoms with E-state index in [0.29, 0.717) is 34.8 Å². The molecule has 6 aromatic rings. The summed E-state index contributed by atoms with van der Waals surface area (Å²) >= 11 is 0. The predicted molar refractivity (Wildman–Crippen MR) is 158 cm³/mol. The first-order valence-electron chi connectivity index (χ1n) is 13.2. The molecule has 1 unspecified atom stereocenters. The lowest BCUT2D eigenvalue weighted by Crippen LogP contribution is -2.26. The SMILES string of the molecule is CN(C)Cc1cncc(-c2cc3c(-c4nc5nccc(-c6cc(F)cc(C(N)CN(C)C)c6)c5[nH]4)n[nH]c3cn2)c1. The van der Waals surface area contributed by atoms with Crippen molar-refractivity contribution in [3.05, 3.63) is 78.1 Å². The van der Waals surface area contributed by atoms with Crippen LogP contribution in [0.3, 0.4) is 0 Å². The summed E-state index contributed by atoms with van der Waals surface area (Å²) in [7, 11) is 7.93. The summed E-state index contributed by atoms with van der Waals surface area (Å²) in [5.74, 6) is 0.197. The van der Waals surface area contributed by atoms with E-state index in [1.165, 1.54) is 12.1 Å². The number of hydrogen-bond donors (Lipinski definition) is 3. The molecular formula is C30H31FN10. The molecule has 0 amide bonds. The van der Waals surface area contributed by atoms with E-state index in [1.54, 1.807) is 12.4 Å². The molecule has 0 radical (unpaired) electrons. The molecule has 0 fully saturated rings. The van der Waals surface area contributed by atoms with Crippen LogP contribution in [0, 0.1) is 5.82 Å². The van der Waals surface area contributed by atoms with Gasteiger partial charge in [0, 0.05) is 54.2 Å². The highest BCUT2D eigenvalue weighted by Gasteiger charge is 2.18. The van der Waals surface area contributed by atoms with Gasteiger partial charge in [-0.1, -0.05) is 0 Å². The molecule has 1 aromatic carbocycles. The number of benzene rings is 1. The van der Waals surface area contributed by atoms with Gasteiger partial charge >= 0.3 is 0 Å². The van der Waals surface area contributed by atoms with Gasteiger partial charge in [0.05, 0.1) is 22.9 Å². The lowest BCUT2D eigenvalue weighted by molar-refractivity contribution is 0.376. The molecule has 0 saturated carbocycles. The Morgan fingerprint density at radius 2 is 1.80 bits per heavy atom. The Hall–Kier alpha value is -4.58. The van der Waals surface area contributed by atoms with E-state index in [0.717, 1.165) is 45.4 Å². The number of aromatic nitrogens is 7. The van der Waals surface area contributed by atoms with Gasteiger partial charge in [0.1, 0.15) is 11.5 Å². The van der Waals surface area contributed by atoms with Crippen molar-refractivity contribution in [2.75, 3.05) is 34.7 Å². The molecule has 0 bridgehead atoms. The molecule has 0 aliphatic heterocycles. The monoisotopic (exact) mass is 550 g/mol. The maximum atomic E-state index is 14.7. The molecule has 4 N–H and O–H groups in total. The fourth-order valence-corrected chi connectivity index (χ4v) is 5.08. The summed E-state index contributed by atoms with van der Waals surface area (Å²) < 4.78 is 14.7. The number of halogens is 1. The van der Waals surface area contributed by atoms with Crippen LogP contribution in [0.4, 0.5) is 4.39 Å². The van der Waals surface area contributed by atoms with Crippen LogP contribution in [-0.2, 0) is 6.54 Å². The highest BCUT2D eigenvalue weighted by Crippen LogP contribution is 2.33. The van der Waals surface area contributed by atoms with Crippen molar-refractivity contribution in [3.63, 3.8) is 0 Å². The lowest BCUT2D eigenvalue weighted by Gasteiger charge is -2.18. The standard InChI is InChI=1S/C30H31FN10/c1-40(2)15-17-7-20(13-33-12-17)25-11-23-26(14-35-25)38-39-28(23)30-36-27-22(5-6-34-29(27)37-30)18-8-19(10-21(31)9-18)24(32)16-41(3)4/h5-14,24H,15-16,32H2,1-4H3,(H,38,39)(H,34,36,37). The van der Waals surface area contributed by atoms with E-state index in [1.807, 2.05) is 63.7 Å². The maximum Gasteiger partial charge on any atom is 0.178 e. The minimum absolute atomic E-state index is 0.328. The fourth-order valence-electron chi connectivity index (χ4n) is 5.08. The Morgan fingerprint density at radius 1 is 0.951 bits per heavy atom. The largest absolute Gasteiger partial charge is 0.335 e. The predicted octanol–water partition coefficient (Wildman–Crippen LogP) is 4.39. The topological polar surface area (TPSA) is 129 Å². The number of fused-ring (bicyclic) bond motifs is 2. The molecule has 5 heterocycles. The quantitative estimate of drug-likeness (QED) is 0.255. The van der Waals surface area contributed by atoms with Crippen LogP contribution in [0.2, 0.25) is 0 Å². The van der Waals surface area contributed by atoms with E-state index >= 15 is 0 Å². The molecule has 0 spiro atoms. The van der Waals surface area contributed by atoms with Gasteiger partial charge in [-0.2, -0.15) is 5.10 Å². The van der Waals surface area contributed by atoms with Gasteiger partial charge in [-0.15, -0.1) is 0 Å². The van der Waals surface area contributed by atoms with Crippen molar-refractivity contribution < 1.29 is 4.39 Å². The van der Waals surface area contributed by atoms with Crippen LogP contribution < -0.4 is 5.73 Å². The first kappa shape index (κ1) is 26.6. The Morgan fingerprint density at radius 3 is 2.61 bits per heavy atom. The first-order valence-corrected chi connectivity index (χ1v) is 13.2. The number of H-pyrrole nitrogens is 2. The van der Waals surface area contributed by atoms with E-state index in [2.05, 4.69) is 41.1 Å². The number of rotatable bonds is 8. The first-order chi connectivity index (χ1) is 19.7. The minimum atomic E-state index is -0.348. The number of hydrogen-bond acceptors (Lipinski definition) is 8. The number of likely N-dealkylation sites (N-methyl/N-ethyl adjacent to an activating group) is 1. The second-order valence-corrected chi connectivity index (χ2v) is 10.8. The highest BCUT2D eigenvalue weighted by molar-refractivity contribution is 5.96. The van der Waals surface area contributed by atoms with Crippen molar-refractivity contribution in [1.29, 1.82) is 0 Å². The number of nitrogens with zero attached hydrogens (tertiary/aromatic N) is 7. The average Bonchev–Trinajstić information content (AvgIpc) is 3.55. The Labute approximate surface area is 236 Å². The minimum Gasteiger partial charge on any atom is -0.335 e. The van der Waals surface area contributed by atoms with Crippen LogP contribution in [0.1, 0.15) is 17.2 Å². The Balaban J connectivity index is 1.41. The summed E-state index contributed by atoms with van der Waals surface area (Å²) in [6, 6.07) is 10.5. The van der Waals surface area contributed by atoms with Gasteiger partial charge in [-0.05, 0) is 81.3 Å². The zero-order valence-corrected chi connectivity index (χ0v) is 23.4. The third-order valence-corrected chi connectivity index (χ3v) is 6.87. The summed E-state index contributed by atoms with van der Waals surface area (Å²) in [5.41, 5.74) is 14.0. The summed E-state index contributed by atoms with van der Waals surface area (Å²) in [6.45, 7) is 1.38. The smallest absolute Gasteiger partial charge is 0.178 e. The highest BCUT2D eigenvalue weighted by atomic mass is 19.1.